The van der Waals surface area contributed by atoms with E-state index in [0.29, 0.717) is 31.5 Å². The first-order chi connectivity index (χ1) is 11.4. The maximum Gasteiger partial charge on any atom is 0.332 e. The van der Waals surface area contributed by atoms with Gasteiger partial charge in [-0.05, 0) is 25.3 Å². The molecular formula is C16H20N4O4. The zero-order valence-corrected chi connectivity index (χ0v) is 13.7. The molecule has 1 heterocycles. The molecule has 1 aromatic carbocycles. The van der Waals surface area contributed by atoms with Gasteiger partial charge in [0.1, 0.15) is 5.82 Å². The molecule has 2 N–H and O–H groups in total. The molecule has 0 amide bonds. The van der Waals surface area contributed by atoms with E-state index in [-0.39, 0.29) is 17.1 Å². The van der Waals surface area contributed by atoms with Crippen LogP contribution in [0.5, 0.6) is 0 Å². The van der Waals surface area contributed by atoms with Crippen molar-refractivity contribution in [3.8, 4) is 0 Å². The molecule has 24 heavy (non-hydrogen) atoms. The minimum absolute atomic E-state index is 0.0165. The molecule has 1 aromatic heterocycles. The second-order valence-corrected chi connectivity index (χ2v) is 5.57. The number of nitrogen functional groups attached to an aromatic ring is 1. The third-order valence-corrected chi connectivity index (χ3v) is 3.92. The van der Waals surface area contributed by atoms with Gasteiger partial charge in [-0.2, -0.15) is 0 Å². The molecule has 128 valence electrons. The van der Waals surface area contributed by atoms with E-state index in [1.54, 1.807) is 19.1 Å². The monoisotopic (exact) mass is 332 g/mol. The predicted molar refractivity (Wildman–Crippen MR) is 91.2 cm³/mol. The molecule has 0 radical (unpaired) electrons. The topological polar surface area (TPSA) is 113 Å². The summed E-state index contributed by atoms with van der Waals surface area (Å²) < 4.78 is 2.58. The minimum Gasteiger partial charge on any atom is -0.385 e. The lowest BCUT2D eigenvalue weighted by Gasteiger charge is -2.15. The summed E-state index contributed by atoms with van der Waals surface area (Å²) in [5.41, 5.74) is 6.37. The number of nitro groups is 1. The maximum absolute atomic E-state index is 12.5. The summed E-state index contributed by atoms with van der Waals surface area (Å²) in [6, 6.07) is 6.14. The number of nitro benzene ring substituents is 1. The Morgan fingerprint density at radius 2 is 1.75 bits per heavy atom. The van der Waals surface area contributed by atoms with Gasteiger partial charge < -0.3 is 5.73 Å². The van der Waals surface area contributed by atoms with E-state index in [1.807, 2.05) is 6.92 Å². The average molecular weight is 332 g/mol. The molecule has 0 spiro atoms. The van der Waals surface area contributed by atoms with Crippen LogP contribution in [0.1, 0.15) is 24.5 Å². The van der Waals surface area contributed by atoms with Crippen LogP contribution < -0.4 is 17.0 Å². The quantitative estimate of drug-likeness (QED) is 0.635. The Bertz CT molecular complexity index is 865. The normalized spacial score (nSPS) is 10.8. The Hall–Kier alpha value is -2.90. The second-order valence-electron chi connectivity index (χ2n) is 5.57. The first-order valence-electron chi connectivity index (χ1n) is 7.69. The van der Waals surface area contributed by atoms with Crippen LogP contribution >= 0.6 is 0 Å². The predicted octanol–water partition coefficient (Wildman–Crippen LogP) is 1.46. The average Bonchev–Trinajstić information content (AvgIpc) is 2.57. The van der Waals surface area contributed by atoms with Crippen LogP contribution in [-0.2, 0) is 19.5 Å². The SMILES string of the molecule is CCCn1c(=O)c(C)c(N)n(CCc2ccc([N+](=O)[O-])cc2)c1=O. The van der Waals surface area contributed by atoms with Crippen molar-refractivity contribution >= 4 is 11.5 Å². The zero-order chi connectivity index (χ0) is 17.9. The highest BCUT2D eigenvalue weighted by Crippen LogP contribution is 2.13. The van der Waals surface area contributed by atoms with Gasteiger partial charge in [-0.1, -0.05) is 19.1 Å². The standard InChI is InChI=1S/C16H20N4O4/c1-3-9-19-15(21)11(2)14(17)18(16(19)22)10-8-12-4-6-13(7-5-12)20(23)24/h4-7H,3,8-10,17H2,1-2H3. The molecule has 0 fully saturated rings. The van der Waals surface area contributed by atoms with Crippen molar-refractivity contribution in [3.05, 3.63) is 66.3 Å². The van der Waals surface area contributed by atoms with Gasteiger partial charge in [0.25, 0.3) is 11.2 Å². The molecule has 0 bridgehead atoms. The largest absolute Gasteiger partial charge is 0.385 e. The van der Waals surface area contributed by atoms with Crippen LogP contribution in [0.25, 0.3) is 0 Å². The van der Waals surface area contributed by atoms with Crippen LogP contribution in [-0.4, -0.2) is 14.1 Å². The molecule has 0 saturated carbocycles. The van der Waals surface area contributed by atoms with Crippen molar-refractivity contribution in [1.29, 1.82) is 0 Å². The Morgan fingerprint density at radius 1 is 1.12 bits per heavy atom. The van der Waals surface area contributed by atoms with Crippen LogP contribution in [0.15, 0.2) is 33.9 Å². The molecule has 0 saturated heterocycles. The van der Waals surface area contributed by atoms with Gasteiger partial charge in [-0.25, -0.2) is 4.79 Å². The van der Waals surface area contributed by atoms with Gasteiger partial charge in [0, 0.05) is 25.2 Å². The number of hydrogen-bond donors (Lipinski definition) is 1. The van der Waals surface area contributed by atoms with E-state index in [0.717, 1.165) is 5.56 Å². The van der Waals surface area contributed by atoms with Crippen molar-refractivity contribution < 1.29 is 4.92 Å². The first kappa shape index (κ1) is 17.5. The lowest BCUT2D eigenvalue weighted by molar-refractivity contribution is -0.384. The highest BCUT2D eigenvalue weighted by atomic mass is 16.6. The van der Waals surface area contributed by atoms with Crippen molar-refractivity contribution in [2.24, 2.45) is 0 Å². The summed E-state index contributed by atoms with van der Waals surface area (Å²) in [7, 11) is 0. The Labute approximate surface area is 138 Å². The van der Waals surface area contributed by atoms with E-state index in [1.165, 1.54) is 21.3 Å². The Kier molecular flexibility index (Phi) is 5.18. The molecule has 2 aromatic rings. The molecule has 0 aliphatic rings. The van der Waals surface area contributed by atoms with Gasteiger partial charge in [-0.15, -0.1) is 0 Å². The van der Waals surface area contributed by atoms with Crippen molar-refractivity contribution in [3.63, 3.8) is 0 Å². The summed E-state index contributed by atoms with van der Waals surface area (Å²) in [6.07, 6.45) is 1.15. The third-order valence-electron chi connectivity index (χ3n) is 3.92. The fraction of sp³-hybridized carbons (Fsp3) is 0.375. The van der Waals surface area contributed by atoms with Crippen molar-refractivity contribution in [2.75, 3.05) is 5.73 Å². The van der Waals surface area contributed by atoms with E-state index in [9.17, 15) is 19.7 Å². The molecular weight excluding hydrogens is 312 g/mol. The molecule has 0 atom stereocenters. The second kappa shape index (κ2) is 7.12. The van der Waals surface area contributed by atoms with E-state index in [4.69, 9.17) is 5.73 Å². The summed E-state index contributed by atoms with van der Waals surface area (Å²) in [5, 5.41) is 10.7. The number of rotatable bonds is 6. The number of non-ortho nitro benzene ring substituents is 1. The number of benzene rings is 1. The molecule has 8 nitrogen and oxygen atoms in total. The van der Waals surface area contributed by atoms with Crippen molar-refractivity contribution in [2.45, 2.75) is 39.8 Å². The maximum atomic E-state index is 12.5. The fourth-order valence-corrected chi connectivity index (χ4v) is 2.51. The summed E-state index contributed by atoms with van der Waals surface area (Å²) in [6.45, 7) is 4.13. The van der Waals surface area contributed by atoms with Crippen molar-refractivity contribution in [1.82, 2.24) is 9.13 Å². The van der Waals surface area contributed by atoms with Crippen LogP contribution in [0.2, 0.25) is 0 Å². The van der Waals surface area contributed by atoms with Crippen LogP contribution in [0.3, 0.4) is 0 Å². The Balaban J connectivity index is 2.31. The number of aryl methyl sites for hydroxylation is 1. The summed E-state index contributed by atoms with van der Waals surface area (Å²) >= 11 is 0. The highest BCUT2D eigenvalue weighted by molar-refractivity contribution is 5.38. The fourth-order valence-electron chi connectivity index (χ4n) is 2.51. The van der Waals surface area contributed by atoms with E-state index >= 15 is 0 Å². The Morgan fingerprint density at radius 3 is 2.29 bits per heavy atom. The molecule has 8 heteroatoms. The number of anilines is 1. The number of aromatic nitrogens is 2. The lowest BCUT2D eigenvalue weighted by Crippen LogP contribution is -2.42. The minimum atomic E-state index is -0.462. The summed E-state index contributed by atoms with van der Waals surface area (Å²) in [4.78, 5) is 34.8. The van der Waals surface area contributed by atoms with Crippen LogP contribution in [0, 0.1) is 17.0 Å². The first-order valence-corrected chi connectivity index (χ1v) is 7.69. The zero-order valence-electron chi connectivity index (χ0n) is 13.7. The number of hydrogen-bond acceptors (Lipinski definition) is 5. The van der Waals surface area contributed by atoms with Gasteiger partial charge in [-0.3, -0.25) is 24.0 Å². The highest BCUT2D eigenvalue weighted by Gasteiger charge is 2.13. The van der Waals surface area contributed by atoms with Gasteiger partial charge in [0.2, 0.25) is 0 Å². The van der Waals surface area contributed by atoms with Gasteiger partial charge in [0.05, 0.1) is 10.5 Å². The molecule has 0 aliphatic carbocycles. The third kappa shape index (κ3) is 3.37. The molecule has 0 unspecified atom stereocenters. The van der Waals surface area contributed by atoms with E-state index < -0.39 is 10.6 Å². The van der Waals surface area contributed by atoms with Crippen LogP contribution in [0.4, 0.5) is 11.5 Å². The van der Waals surface area contributed by atoms with Gasteiger partial charge in [0.15, 0.2) is 0 Å². The smallest absolute Gasteiger partial charge is 0.332 e. The number of nitrogens with zero attached hydrogens (tertiary/aromatic N) is 3. The summed E-state index contributed by atoms with van der Waals surface area (Å²) in [5.74, 6) is 0.166. The molecule has 0 aliphatic heterocycles. The molecule has 2 rings (SSSR count). The lowest BCUT2D eigenvalue weighted by atomic mass is 10.1. The number of nitrogens with two attached hydrogens (primary N) is 1. The van der Waals surface area contributed by atoms with Gasteiger partial charge >= 0.3 is 5.69 Å². The van der Waals surface area contributed by atoms with E-state index in [2.05, 4.69) is 0 Å².